The lowest BCUT2D eigenvalue weighted by Gasteiger charge is -2.17. The van der Waals surface area contributed by atoms with Crippen LogP contribution in [-0.4, -0.2) is 7.05 Å². The van der Waals surface area contributed by atoms with E-state index in [4.69, 9.17) is 0 Å². The van der Waals surface area contributed by atoms with Gasteiger partial charge in [0.05, 0.1) is 0 Å². The fourth-order valence-corrected chi connectivity index (χ4v) is 2.48. The smallest absolute Gasteiger partial charge is 0.0338 e. The summed E-state index contributed by atoms with van der Waals surface area (Å²) < 4.78 is 2.24. The molecule has 0 bridgehead atoms. The maximum absolute atomic E-state index is 3.58. The highest BCUT2D eigenvalue weighted by molar-refractivity contribution is 9.11. The van der Waals surface area contributed by atoms with Gasteiger partial charge in [-0.3, -0.25) is 0 Å². The summed E-state index contributed by atoms with van der Waals surface area (Å²) in [5.74, 6) is 6.03. The van der Waals surface area contributed by atoms with Gasteiger partial charge in [-0.15, -0.1) is 11.8 Å². The number of hydrogen-bond donors (Lipinski definition) is 1. The predicted molar refractivity (Wildman–Crippen MR) is 76.3 cm³/mol. The lowest BCUT2D eigenvalue weighted by atomic mass is 10.0. The third kappa shape index (κ3) is 3.93. The second-order valence-corrected chi connectivity index (χ2v) is 5.24. The van der Waals surface area contributed by atoms with Crippen LogP contribution in [-0.2, 0) is 0 Å². The Bertz CT molecular complexity index is 404. The monoisotopic (exact) mass is 343 g/mol. The topological polar surface area (TPSA) is 12.0 Å². The zero-order valence-electron chi connectivity index (χ0n) is 9.48. The number of benzene rings is 1. The first-order chi connectivity index (χ1) is 7.69. The van der Waals surface area contributed by atoms with E-state index in [0.717, 1.165) is 21.8 Å². The van der Waals surface area contributed by atoms with Crippen LogP contribution in [0, 0.1) is 11.8 Å². The fourth-order valence-electron chi connectivity index (χ4n) is 1.58. The van der Waals surface area contributed by atoms with Crippen molar-refractivity contribution in [3.63, 3.8) is 0 Å². The van der Waals surface area contributed by atoms with Crippen LogP contribution in [0.1, 0.15) is 31.4 Å². The normalized spacial score (nSPS) is 11.8. The lowest BCUT2D eigenvalue weighted by Crippen LogP contribution is -2.16. The Kier molecular flexibility index (Phi) is 6.12. The van der Waals surface area contributed by atoms with Crippen molar-refractivity contribution in [1.29, 1.82) is 0 Å². The van der Waals surface area contributed by atoms with Crippen LogP contribution in [0.25, 0.3) is 0 Å². The van der Waals surface area contributed by atoms with Gasteiger partial charge < -0.3 is 5.32 Å². The number of halogens is 2. The molecule has 0 aliphatic carbocycles. The van der Waals surface area contributed by atoms with Crippen molar-refractivity contribution >= 4 is 31.9 Å². The molecule has 16 heavy (non-hydrogen) atoms. The Morgan fingerprint density at radius 2 is 2.12 bits per heavy atom. The Balaban J connectivity index is 2.84. The summed E-state index contributed by atoms with van der Waals surface area (Å²) >= 11 is 7.08. The van der Waals surface area contributed by atoms with Crippen LogP contribution in [0.15, 0.2) is 27.1 Å². The van der Waals surface area contributed by atoms with E-state index >= 15 is 0 Å². The number of hydrogen-bond acceptors (Lipinski definition) is 1. The second kappa shape index (κ2) is 7.11. The van der Waals surface area contributed by atoms with Gasteiger partial charge in [-0.2, -0.15) is 0 Å². The highest BCUT2D eigenvalue weighted by Crippen LogP contribution is 2.29. The molecule has 3 heteroatoms. The van der Waals surface area contributed by atoms with E-state index in [-0.39, 0.29) is 0 Å². The molecule has 0 fully saturated rings. The molecule has 1 nitrogen and oxygen atoms in total. The van der Waals surface area contributed by atoms with E-state index < -0.39 is 0 Å². The van der Waals surface area contributed by atoms with Gasteiger partial charge in [0.2, 0.25) is 0 Å². The molecule has 1 aromatic rings. The van der Waals surface area contributed by atoms with E-state index in [1.165, 1.54) is 5.56 Å². The largest absolute Gasteiger partial charge is 0.313 e. The molecule has 0 saturated carbocycles. The molecular weight excluding hydrogens is 330 g/mol. The fraction of sp³-hybridized carbons (Fsp3) is 0.385. The summed E-state index contributed by atoms with van der Waals surface area (Å²) in [7, 11) is 1.98. The minimum atomic E-state index is 0.340. The zero-order valence-corrected chi connectivity index (χ0v) is 12.7. The first-order valence-electron chi connectivity index (χ1n) is 5.21. The minimum Gasteiger partial charge on any atom is -0.313 e. The minimum absolute atomic E-state index is 0.340. The highest BCUT2D eigenvalue weighted by atomic mass is 79.9. The Labute approximate surface area is 114 Å². The molecular formula is C13H15Br2N. The third-order valence-electron chi connectivity index (χ3n) is 2.42. The van der Waals surface area contributed by atoms with Crippen LogP contribution < -0.4 is 5.32 Å². The molecule has 0 aliphatic heterocycles. The van der Waals surface area contributed by atoms with E-state index in [9.17, 15) is 0 Å². The highest BCUT2D eigenvalue weighted by Gasteiger charge is 2.12. The molecule has 0 aromatic heterocycles. The molecule has 0 spiro atoms. The Morgan fingerprint density at radius 1 is 1.38 bits per heavy atom. The van der Waals surface area contributed by atoms with Crippen LogP contribution in [0.3, 0.4) is 0 Å². The molecule has 1 atom stereocenters. The van der Waals surface area contributed by atoms with E-state index in [1.54, 1.807) is 0 Å². The summed E-state index contributed by atoms with van der Waals surface area (Å²) in [5.41, 5.74) is 1.27. The first kappa shape index (κ1) is 13.8. The van der Waals surface area contributed by atoms with Crippen molar-refractivity contribution in [2.45, 2.75) is 25.8 Å². The van der Waals surface area contributed by atoms with Crippen molar-refractivity contribution in [3.8, 4) is 11.8 Å². The van der Waals surface area contributed by atoms with Crippen LogP contribution >= 0.6 is 31.9 Å². The summed E-state index contributed by atoms with van der Waals surface area (Å²) in [6, 6.07) is 6.58. The molecule has 0 saturated heterocycles. The van der Waals surface area contributed by atoms with Gasteiger partial charge in [0.25, 0.3) is 0 Å². The standard InChI is InChI=1S/C13H15Br2N/c1-3-4-5-6-13(16-2)11-9-10(14)7-8-12(11)15/h7-9,13,16H,5-6H2,1-2H3. The molecule has 0 radical (unpaired) electrons. The van der Waals surface area contributed by atoms with E-state index in [2.05, 4.69) is 61.2 Å². The molecule has 1 rings (SSSR count). The second-order valence-electron chi connectivity index (χ2n) is 3.47. The maximum Gasteiger partial charge on any atom is 0.0338 e. The lowest BCUT2D eigenvalue weighted by molar-refractivity contribution is 0.556. The Morgan fingerprint density at radius 3 is 2.75 bits per heavy atom. The molecule has 0 heterocycles. The summed E-state index contributed by atoms with van der Waals surface area (Å²) in [6.07, 6.45) is 1.94. The van der Waals surface area contributed by atoms with Gasteiger partial charge >= 0.3 is 0 Å². The van der Waals surface area contributed by atoms with Crippen molar-refractivity contribution in [2.24, 2.45) is 0 Å². The SMILES string of the molecule is CC#CCCC(NC)c1cc(Br)ccc1Br. The summed E-state index contributed by atoms with van der Waals surface area (Å²) in [6.45, 7) is 1.88. The molecule has 0 amide bonds. The summed E-state index contributed by atoms with van der Waals surface area (Å²) in [4.78, 5) is 0. The average molecular weight is 345 g/mol. The van der Waals surface area contributed by atoms with Gasteiger partial charge in [-0.25, -0.2) is 0 Å². The van der Waals surface area contributed by atoms with Crippen molar-refractivity contribution < 1.29 is 0 Å². The van der Waals surface area contributed by atoms with Crippen LogP contribution in [0.2, 0.25) is 0 Å². The number of nitrogens with one attached hydrogen (secondary N) is 1. The molecule has 1 N–H and O–H groups in total. The number of rotatable bonds is 4. The molecule has 1 unspecified atom stereocenters. The van der Waals surface area contributed by atoms with Gasteiger partial charge in [0, 0.05) is 21.4 Å². The van der Waals surface area contributed by atoms with Crippen LogP contribution in [0.5, 0.6) is 0 Å². The van der Waals surface area contributed by atoms with Gasteiger partial charge in [0.1, 0.15) is 0 Å². The average Bonchev–Trinajstić information content (AvgIpc) is 2.28. The van der Waals surface area contributed by atoms with Gasteiger partial charge in [0.15, 0.2) is 0 Å². The van der Waals surface area contributed by atoms with E-state index in [1.807, 2.05) is 20.0 Å². The molecule has 1 aromatic carbocycles. The van der Waals surface area contributed by atoms with Crippen molar-refractivity contribution in [2.75, 3.05) is 7.05 Å². The van der Waals surface area contributed by atoms with Gasteiger partial charge in [-0.05, 0) is 44.2 Å². The molecule has 86 valence electrons. The van der Waals surface area contributed by atoms with Crippen molar-refractivity contribution in [1.82, 2.24) is 5.32 Å². The maximum atomic E-state index is 3.58. The Hall–Kier alpha value is -0.300. The van der Waals surface area contributed by atoms with Crippen molar-refractivity contribution in [3.05, 3.63) is 32.7 Å². The third-order valence-corrected chi connectivity index (χ3v) is 3.63. The zero-order chi connectivity index (χ0) is 12.0. The van der Waals surface area contributed by atoms with Crippen LogP contribution in [0.4, 0.5) is 0 Å². The molecule has 0 aliphatic rings. The quantitative estimate of drug-likeness (QED) is 0.804. The van der Waals surface area contributed by atoms with Gasteiger partial charge in [-0.1, -0.05) is 31.9 Å². The predicted octanol–water partition coefficient (Wildman–Crippen LogP) is 4.28. The summed E-state index contributed by atoms with van der Waals surface area (Å²) in [5, 5.41) is 3.33. The van der Waals surface area contributed by atoms with E-state index in [0.29, 0.717) is 6.04 Å². The first-order valence-corrected chi connectivity index (χ1v) is 6.79.